The molecule has 0 amide bonds. The highest BCUT2D eigenvalue weighted by Crippen LogP contribution is 2.28. The summed E-state index contributed by atoms with van der Waals surface area (Å²) in [4.78, 5) is 0. The van der Waals surface area contributed by atoms with Crippen LogP contribution in [0.3, 0.4) is 0 Å². The van der Waals surface area contributed by atoms with E-state index in [0.29, 0.717) is 10.0 Å². The predicted octanol–water partition coefficient (Wildman–Crippen LogP) is 3.29. The van der Waals surface area contributed by atoms with Crippen LogP contribution in [0.25, 0.3) is 0 Å². The maximum atomic E-state index is 14.3. The fourth-order valence-electron chi connectivity index (χ4n) is 2.20. The Balaban J connectivity index is 2.45. The van der Waals surface area contributed by atoms with Gasteiger partial charge in [0.2, 0.25) is 0 Å². The van der Waals surface area contributed by atoms with Gasteiger partial charge in [-0.1, -0.05) is 31.2 Å². The van der Waals surface area contributed by atoms with Crippen LogP contribution in [0.1, 0.15) is 37.6 Å². The Labute approximate surface area is 126 Å². The van der Waals surface area contributed by atoms with Crippen molar-refractivity contribution in [3.63, 3.8) is 0 Å². The molecule has 1 atom stereocenters. The summed E-state index contributed by atoms with van der Waals surface area (Å²) < 4.78 is 16.6. The first kappa shape index (κ1) is 15.1. The van der Waals surface area contributed by atoms with Gasteiger partial charge in [0.05, 0.1) is 22.4 Å². The lowest BCUT2D eigenvalue weighted by molar-refractivity contribution is 0.495. The minimum Gasteiger partial charge on any atom is -0.305 e. The van der Waals surface area contributed by atoms with Gasteiger partial charge in [-0.2, -0.15) is 0 Å². The van der Waals surface area contributed by atoms with Gasteiger partial charge in [-0.05, 0) is 35.0 Å². The second kappa shape index (κ2) is 6.95. The summed E-state index contributed by atoms with van der Waals surface area (Å²) in [6.07, 6.45) is 2.65. The normalized spacial score (nSPS) is 12.6. The van der Waals surface area contributed by atoms with Crippen LogP contribution in [0.5, 0.6) is 0 Å². The van der Waals surface area contributed by atoms with E-state index >= 15 is 0 Å². The minimum absolute atomic E-state index is 0.248. The van der Waals surface area contributed by atoms with Crippen LogP contribution in [-0.2, 0) is 6.54 Å². The number of halogens is 2. The number of benzene rings is 1. The Morgan fingerprint density at radius 1 is 1.40 bits per heavy atom. The van der Waals surface area contributed by atoms with Crippen LogP contribution in [0.2, 0.25) is 0 Å². The van der Waals surface area contributed by atoms with E-state index in [1.54, 1.807) is 18.3 Å². The third-order valence-electron chi connectivity index (χ3n) is 3.08. The molecule has 0 aliphatic rings. The maximum absolute atomic E-state index is 14.3. The standard InChI is InChI=1S/C14H18BrFN4/c1-3-8-20-12(9-18-19-20)14(17-4-2)10-6-5-7-11(15)13(10)16/h5-7,9,14,17H,3-4,8H2,1-2H3. The average molecular weight is 341 g/mol. The van der Waals surface area contributed by atoms with Crippen molar-refractivity contribution in [3.05, 3.63) is 45.9 Å². The van der Waals surface area contributed by atoms with Crippen LogP contribution in [0, 0.1) is 5.82 Å². The third kappa shape index (κ3) is 3.07. The summed E-state index contributed by atoms with van der Waals surface area (Å²) in [6.45, 7) is 5.57. The van der Waals surface area contributed by atoms with Crippen LogP contribution in [-0.4, -0.2) is 21.5 Å². The van der Waals surface area contributed by atoms with E-state index in [1.807, 2.05) is 17.7 Å². The van der Waals surface area contributed by atoms with Crippen molar-refractivity contribution in [2.75, 3.05) is 6.54 Å². The van der Waals surface area contributed by atoms with Gasteiger partial charge in [0.1, 0.15) is 5.82 Å². The average Bonchev–Trinajstić information content (AvgIpc) is 2.88. The first-order chi connectivity index (χ1) is 9.69. The molecule has 2 aromatic rings. The Morgan fingerprint density at radius 2 is 2.20 bits per heavy atom. The zero-order valence-corrected chi connectivity index (χ0v) is 13.2. The zero-order valence-electron chi connectivity index (χ0n) is 11.6. The molecule has 20 heavy (non-hydrogen) atoms. The number of aromatic nitrogens is 3. The third-order valence-corrected chi connectivity index (χ3v) is 3.69. The molecular weight excluding hydrogens is 323 g/mol. The second-order valence-electron chi connectivity index (χ2n) is 4.52. The monoisotopic (exact) mass is 340 g/mol. The van der Waals surface area contributed by atoms with Crippen LogP contribution >= 0.6 is 15.9 Å². The fraction of sp³-hybridized carbons (Fsp3) is 0.429. The van der Waals surface area contributed by atoms with E-state index in [2.05, 4.69) is 38.5 Å². The number of nitrogens with one attached hydrogen (secondary N) is 1. The number of hydrogen-bond donors (Lipinski definition) is 1. The van der Waals surface area contributed by atoms with Gasteiger partial charge in [-0.15, -0.1) is 5.10 Å². The molecule has 4 nitrogen and oxygen atoms in total. The van der Waals surface area contributed by atoms with E-state index < -0.39 is 0 Å². The molecule has 0 spiro atoms. The Hall–Kier alpha value is -1.27. The highest BCUT2D eigenvalue weighted by Gasteiger charge is 2.22. The minimum atomic E-state index is -0.251. The Kier molecular flexibility index (Phi) is 5.25. The number of aryl methyl sites for hydroxylation is 1. The Morgan fingerprint density at radius 3 is 2.90 bits per heavy atom. The fourth-order valence-corrected chi connectivity index (χ4v) is 2.58. The van der Waals surface area contributed by atoms with E-state index in [4.69, 9.17) is 0 Å². The van der Waals surface area contributed by atoms with Crippen LogP contribution in [0.15, 0.2) is 28.9 Å². The van der Waals surface area contributed by atoms with Crippen molar-refractivity contribution in [1.82, 2.24) is 20.3 Å². The van der Waals surface area contributed by atoms with E-state index in [9.17, 15) is 4.39 Å². The Bertz CT molecular complexity index is 570. The first-order valence-corrected chi connectivity index (χ1v) is 7.54. The summed E-state index contributed by atoms with van der Waals surface area (Å²) in [5, 5.41) is 11.3. The smallest absolute Gasteiger partial charge is 0.142 e. The van der Waals surface area contributed by atoms with Crippen molar-refractivity contribution in [3.8, 4) is 0 Å². The SMILES string of the molecule is CCCn1nncc1C(NCC)c1cccc(Br)c1F. The molecule has 1 aromatic carbocycles. The summed E-state index contributed by atoms with van der Waals surface area (Å²) in [5.74, 6) is -0.248. The lowest BCUT2D eigenvalue weighted by Crippen LogP contribution is -2.26. The molecule has 1 heterocycles. The summed E-state index contributed by atoms with van der Waals surface area (Å²) >= 11 is 3.24. The molecule has 6 heteroatoms. The van der Waals surface area contributed by atoms with E-state index in [1.165, 1.54) is 0 Å². The van der Waals surface area contributed by atoms with E-state index in [0.717, 1.165) is 25.2 Å². The first-order valence-electron chi connectivity index (χ1n) is 6.74. The molecule has 0 saturated carbocycles. The van der Waals surface area contributed by atoms with Gasteiger partial charge < -0.3 is 5.32 Å². The van der Waals surface area contributed by atoms with Crippen LogP contribution in [0.4, 0.5) is 4.39 Å². The quantitative estimate of drug-likeness (QED) is 0.877. The zero-order chi connectivity index (χ0) is 14.5. The number of nitrogens with zero attached hydrogens (tertiary/aromatic N) is 3. The molecule has 1 aromatic heterocycles. The number of hydrogen-bond acceptors (Lipinski definition) is 3. The second-order valence-corrected chi connectivity index (χ2v) is 5.37. The summed E-state index contributed by atoms with van der Waals surface area (Å²) in [5.41, 5.74) is 1.48. The highest BCUT2D eigenvalue weighted by molar-refractivity contribution is 9.10. The molecule has 0 fully saturated rings. The molecule has 1 N–H and O–H groups in total. The molecule has 108 valence electrons. The lowest BCUT2D eigenvalue weighted by atomic mass is 10.0. The van der Waals surface area contributed by atoms with Crippen molar-refractivity contribution >= 4 is 15.9 Å². The summed E-state index contributed by atoms with van der Waals surface area (Å²) in [6, 6.07) is 5.07. The lowest BCUT2D eigenvalue weighted by Gasteiger charge is -2.20. The number of rotatable bonds is 6. The van der Waals surface area contributed by atoms with Gasteiger partial charge in [-0.25, -0.2) is 9.07 Å². The molecule has 0 aliphatic heterocycles. The van der Waals surface area contributed by atoms with Gasteiger partial charge in [-0.3, -0.25) is 0 Å². The molecule has 0 aliphatic carbocycles. The van der Waals surface area contributed by atoms with Crippen LogP contribution < -0.4 is 5.32 Å². The van der Waals surface area contributed by atoms with Crippen molar-refractivity contribution < 1.29 is 4.39 Å². The highest BCUT2D eigenvalue weighted by atomic mass is 79.9. The summed E-state index contributed by atoms with van der Waals surface area (Å²) in [7, 11) is 0. The van der Waals surface area contributed by atoms with Crippen molar-refractivity contribution in [1.29, 1.82) is 0 Å². The topological polar surface area (TPSA) is 42.7 Å². The molecular formula is C14H18BrFN4. The predicted molar refractivity (Wildman–Crippen MR) is 79.9 cm³/mol. The largest absolute Gasteiger partial charge is 0.305 e. The van der Waals surface area contributed by atoms with Crippen molar-refractivity contribution in [2.45, 2.75) is 32.9 Å². The maximum Gasteiger partial charge on any atom is 0.142 e. The molecule has 1 unspecified atom stereocenters. The van der Waals surface area contributed by atoms with Gasteiger partial charge in [0, 0.05) is 12.1 Å². The molecule has 0 bridgehead atoms. The molecule has 0 saturated heterocycles. The van der Waals surface area contributed by atoms with E-state index in [-0.39, 0.29) is 11.9 Å². The molecule has 2 rings (SSSR count). The van der Waals surface area contributed by atoms with Gasteiger partial charge in [0.15, 0.2) is 0 Å². The molecule has 0 radical (unpaired) electrons. The van der Waals surface area contributed by atoms with Gasteiger partial charge >= 0.3 is 0 Å². The van der Waals surface area contributed by atoms with Crippen molar-refractivity contribution in [2.24, 2.45) is 0 Å². The van der Waals surface area contributed by atoms with Gasteiger partial charge in [0.25, 0.3) is 0 Å².